The summed E-state index contributed by atoms with van der Waals surface area (Å²) in [6.45, 7) is 3.38. The van der Waals surface area contributed by atoms with Crippen LogP contribution in [-0.2, 0) is 6.54 Å². The summed E-state index contributed by atoms with van der Waals surface area (Å²) in [5.41, 5.74) is 0.690. The number of aryl methyl sites for hydroxylation is 1. The molecular formula is C13H19NO3. The standard InChI is InChI=1S/C13H19NO3/c1-9-6-11(17-12(9)13(15)16)8-14-7-10-4-2-3-5-10/h6,10,14H,2-5,7-8H2,1H3,(H,15,16). The van der Waals surface area contributed by atoms with E-state index in [0.29, 0.717) is 17.9 Å². The third-order valence-corrected chi connectivity index (χ3v) is 3.37. The van der Waals surface area contributed by atoms with Gasteiger partial charge in [0.2, 0.25) is 5.76 Å². The molecule has 2 N–H and O–H groups in total. The molecule has 0 aliphatic heterocycles. The van der Waals surface area contributed by atoms with Crippen molar-refractivity contribution in [2.24, 2.45) is 5.92 Å². The molecule has 4 heteroatoms. The van der Waals surface area contributed by atoms with Crippen LogP contribution in [0.1, 0.15) is 47.6 Å². The number of carboxylic acids is 1. The smallest absolute Gasteiger partial charge is 0.372 e. The van der Waals surface area contributed by atoms with E-state index in [1.54, 1.807) is 13.0 Å². The highest BCUT2D eigenvalue weighted by Crippen LogP contribution is 2.23. The van der Waals surface area contributed by atoms with E-state index in [-0.39, 0.29) is 5.76 Å². The van der Waals surface area contributed by atoms with Crippen molar-refractivity contribution < 1.29 is 14.3 Å². The fourth-order valence-corrected chi connectivity index (χ4v) is 2.46. The normalized spacial score (nSPS) is 16.5. The lowest BCUT2D eigenvalue weighted by molar-refractivity contribution is 0.0659. The molecule has 0 atom stereocenters. The molecule has 1 aliphatic rings. The number of nitrogens with one attached hydrogen (secondary N) is 1. The summed E-state index contributed by atoms with van der Waals surface area (Å²) < 4.78 is 5.28. The minimum Gasteiger partial charge on any atom is -0.475 e. The van der Waals surface area contributed by atoms with E-state index in [0.717, 1.165) is 12.5 Å². The number of rotatable bonds is 5. The van der Waals surface area contributed by atoms with Crippen LogP contribution >= 0.6 is 0 Å². The third-order valence-electron chi connectivity index (χ3n) is 3.37. The predicted octanol–water partition coefficient (Wildman–Crippen LogP) is 2.57. The van der Waals surface area contributed by atoms with Crippen LogP contribution in [-0.4, -0.2) is 17.6 Å². The summed E-state index contributed by atoms with van der Waals surface area (Å²) in [6, 6.07) is 1.80. The summed E-state index contributed by atoms with van der Waals surface area (Å²) in [6.07, 6.45) is 5.31. The Morgan fingerprint density at radius 2 is 2.24 bits per heavy atom. The zero-order valence-corrected chi connectivity index (χ0v) is 10.2. The zero-order valence-electron chi connectivity index (χ0n) is 10.2. The number of carboxylic acid groups (broad SMARTS) is 1. The Kier molecular flexibility index (Phi) is 3.84. The first-order valence-electron chi connectivity index (χ1n) is 6.20. The summed E-state index contributed by atoms with van der Waals surface area (Å²) in [4.78, 5) is 10.8. The fourth-order valence-electron chi connectivity index (χ4n) is 2.46. The van der Waals surface area contributed by atoms with Gasteiger partial charge in [-0.2, -0.15) is 0 Å². The topological polar surface area (TPSA) is 62.5 Å². The SMILES string of the molecule is Cc1cc(CNCC2CCCC2)oc1C(=O)O. The summed E-state index contributed by atoms with van der Waals surface area (Å²) >= 11 is 0. The van der Waals surface area contributed by atoms with Crippen LogP contribution in [0.25, 0.3) is 0 Å². The van der Waals surface area contributed by atoms with Crippen molar-refractivity contribution in [1.82, 2.24) is 5.32 Å². The maximum atomic E-state index is 10.8. The molecule has 94 valence electrons. The highest BCUT2D eigenvalue weighted by molar-refractivity contribution is 5.86. The van der Waals surface area contributed by atoms with Gasteiger partial charge in [0.25, 0.3) is 0 Å². The van der Waals surface area contributed by atoms with E-state index >= 15 is 0 Å². The maximum Gasteiger partial charge on any atom is 0.372 e. The molecule has 0 radical (unpaired) electrons. The summed E-state index contributed by atoms with van der Waals surface area (Å²) in [7, 11) is 0. The second-order valence-electron chi connectivity index (χ2n) is 4.81. The molecule has 0 aromatic carbocycles. The average molecular weight is 237 g/mol. The number of hydrogen-bond acceptors (Lipinski definition) is 3. The van der Waals surface area contributed by atoms with Gasteiger partial charge in [-0.05, 0) is 38.3 Å². The maximum absolute atomic E-state index is 10.8. The van der Waals surface area contributed by atoms with E-state index in [4.69, 9.17) is 9.52 Å². The van der Waals surface area contributed by atoms with Crippen molar-refractivity contribution in [1.29, 1.82) is 0 Å². The van der Waals surface area contributed by atoms with Crippen molar-refractivity contribution in [3.05, 3.63) is 23.2 Å². The third kappa shape index (κ3) is 3.09. The first-order valence-corrected chi connectivity index (χ1v) is 6.20. The molecule has 1 aromatic rings. The molecule has 4 nitrogen and oxygen atoms in total. The fraction of sp³-hybridized carbons (Fsp3) is 0.615. The molecule has 1 aliphatic carbocycles. The van der Waals surface area contributed by atoms with Gasteiger partial charge in [0.15, 0.2) is 0 Å². The van der Waals surface area contributed by atoms with Crippen molar-refractivity contribution in [2.45, 2.75) is 39.2 Å². The van der Waals surface area contributed by atoms with Crippen molar-refractivity contribution in [2.75, 3.05) is 6.54 Å². The van der Waals surface area contributed by atoms with Gasteiger partial charge in [-0.1, -0.05) is 12.8 Å². The summed E-state index contributed by atoms with van der Waals surface area (Å²) in [5.74, 6) is 0.551. The molecule has 1 heterocycles. The van der Waals surface area contributed by atoms with Crippen LogP contribution in [0.2, 0.25) is 0 Å². The molecule has 0 spiro atoms. The van der Waals surface area contributed by atoms with Crippen LogP contribution in [0.5, 0.6) is 0 Å². The molecule has 1 aromatic heterocycles. The Morgan fingerprint density at radius 3 is 2.82 bits per heavy atom. The Balaban J connectivity index is 1.82. The quantitative estimate of drug-likeness (QED) is 0.826. The van der Waals surface area contributed by atoms with Gasteiger partial charge in [-0.15, -0.1) is 0 Å². The van der Waals surface area contributed by atoms with Crippen LogP contribution < -0.4 is 5.32 Å². The number of hydrogen-bond donors (Lipinski definition) is 2. The number of aromatic carboxylic acids is 1. The van der Waals surface area contributed by atoms with E-state index in [2.05, 4.69) is 5.32 Å². The average Bonchev–Trinajstić information content (AvgIpc) is 2.88. The van der Waals surface area contributed by atoms with Crippen LogP contribution in [0, 0.1) is 12.8 Å². The van der Waals surface area contributed by atoms with Gasteiger partial charge >= 0.3 is 5.97 Å². The molecular weight excluding hydrogens is 218 g/mol. The second-order valence-corrected chi connectivity index (χ2v) is 4.81. The van der Waals surface area contributed by atoms with Crippen LogP contribution in [0.3, 0.4) is 0 Å². The molecule has 0 amide bonds. The van der Waals surface area contributed by atoms with E-state index in [1.165, 1.54) is 25.7 Å². The first-order chi connectivity index (χ1) is 8.16. The summed E-state index contributed by atoms with van der Waals surface area (Å²) in [5, 5.41) is 12.2. The second kappa shape index (κ2) is 5.36. The van der Waals surface area contributed by atoms with Gasteiger partial charge in [0.1, 0.15) is 5.76 Å². The molecule has 0 saturated heterocycles. The Bertz CT molecular complexity index is 391. The number of furan rings is 1. The van der Waals surface area contributed by atoms with Crippen LogP contribution in [0.4, 0.5) is 0 Å². The predicted molar refractivity (Wildman–Crippen MR) is 64.1 cm³/mol. The van der Waals surface area contributed by atoms with Gasteiger partial charge < -0.3 is 14.8 Å². The Morgan fingerprint density at radius 1 is 1.53 bits per heavy atom. The Labute approximate surface area is 101 Å². The first kappa shape index (κ1) is 12.2. The molecule has 17 heavy (non-hydrogen) atoms. The van der Waals surface area contributed by atoms with E-state index < -0.39 is 5.97 Å². The van der Waals surface area contributed by atoms with Crippen LogP contribution in [0.15, 0.2) is 10.5 Å². The lowest BCUT2D eigenvalue weighted by atomic mass is 10.1. The Hall–Kier alpha value is -1.29. The zero-order chi connectivity index (χ0) is 12.3. The lowest BCUT2D eigenvalue weighted by Gasteiger charge is -2.08. The molecule has 2 rings (SSSR count). The molecule has 1 saturated carbocycles. The largest absolute Gasteiger partial charge is 0.475 e. The highest BCUT2D eigenvalue weighted by Gasteiger charge is 2.16. The van der Waals surface area contributed by atoms with Gasteiger partial charge in [-0.3, -0.25) is 0 Å². The van der Waals surface area contributed by atoms with Gasteiger partial charge in [-0.25, -0.2) is 4.79 Å². The molecule has 1 fully saturated rings. The molecule has 0 unspecified atom stereocenters. The van der Waals surface area contributed by atoms with Crippen molar-refractivity contribution >= 4 is 5.97 Å². The van der Waals surface area contributed by atoms with E-state index in [1.807, 2.05) is 0 Å². The van der Waals surface area contributed by atoms with Gasteiger partial charge in [0, 0.05) is 5.56 Å². The minimum atomic E-state index is -0.996. The van der Waals surface area contributed by atoms with Gasteiger partial charge in [0.05, 0.1) is 6.54 Å². The monoisotopic (exact) mass is 237 g/mol. The van der Waals surface area contributed by atoms with Crippen molar-refractivity contribution in [3.63, 3.8) is 0 Å². The number of carbonyl (C=O) groups is 1. The highest BCUT2D eigenvalue weighted by atomic mass is 16.4. The molecule has 0 bridgehead atoms. The van der Waals surface area contributed by atoms with Crippen molar-refractivity contribution in [3.8, 4) is 0 Å². The minimum absolute atomic E-state index is 0.0580. The van der Waals surface area contributed by atoms with E-state index in [9.17, 15) is 4.79 Å². The lowest BCUT2D eigenvalue weighted by Crippen LogP contribution is -2.20.